The number of carbonyl (C=O) groups excluding carboxylic acids is 1. The van der Waals surface area contributed by atoms with Crippen LogP contribution < -0.4 is 5.32 Å². The SMILES string of the molecule is O=C(Nc1cccc(C(F)(F)F)c1)c1ccc2nc(-c3ccccn3)c(-c3ccccn3)nc2c1. The first-order valence-electron chi connectivity index (χ1n) is 10.5. The predicted octanol–water partition coefficient (Wildman–Crippen LogP) is 6.02. The Hall–Kier alpha value is -4.66. The predicted molar refractivity (Wildman–Crippen MR) is 125 cm³/mol. The van der Waals surface area contributed by atoms with Crippen LogP contribution in [0.5, 0.6) is 0 Å². The molecular weight excluding hydrogens is 455 g/mol. The van der Waals surface area contributed by atoms with Gasteiger partial charge in [0.2, 0.25) is 0 Å². The summed E-state index contributed by atoms with van der Waals surface area (Å²) in [7, 11) is 0. The first-order chi connectivity index (χ1) is 16.9. The molecule has 0 saturated heterocycles. The molecule has 5 rings (SSSR count). The van der Waals surface area contributed by atoms with Crippen LogP contribution in [0, 0.1) is 0 Å². The average Bonchev–Trinajstić information content (AvgIpc) is 2.88. The molecule has 1 N–H and O–H groups in total. The molecule has 0 fully saturated rings. The van der Waals surface area contributed by atoms with E-state index in [1.54, 1.807) is 48.8 Å². The van der Waals surface area contributed by atoms with Gasteiger partial charge in [-0.05, 0) is 60.7 Å². The third-order valence-corrected chi connectivity index (χ3v) is 5.19. The van der Waals surface area contributed by atoms with Crippen molar-refractivity contribution < 1.29 is 18.0 Å². The van der Waals surface area contributed by atoms with Gasteiger partial charge in [-0.2, -0.15) is 13.2 Å². The Bertz CT molecular complexity index is 1520. The lowest BCUT2D eigenvalue weighted by atomic mass is 10.1. The third kappa shape index (κ3) is 4.70. The summed E-state index contributed by atoms with van der Waals surface area (Å²) in [6, 6.07) is 20.1. The number of nitrogens with one attached hydrogen (secondary N) is 1. The van der Waals surface area contributed by atoms with Crippen molar-refractivity contribution >= 4 is 22.6 Å². The molecule has 0 aliphatic carbocycles. The van der Waals surface area contributed by atoms with Crippen molar-refractivity contribution in [3.05, 3.63) is 102 Å². The average molecular weight is 471 g/mol. The molecule has 0 saturated carbocycles. The number of halogens is 3. The zero-order chi connectivity index (χ0) is 24.4. The van der Waals surface area contributed by atoms with Gasteiger partial charge in [0.25, 0.3) is 5.91 Å². The van der Waals surface area contributed by atoms with E-state index in [0.29, 0.717) is 33.8 Å². The van der Waals surface area contributed by atoms with E-state index >= 15 is 0 Å². The quantitative estimate of drug-likeness (QED) is 0.346. The first-order valence-corrected chi connectivity index (χ1v) is 10.5. The van der Waals surface area contributed by atoms with E-state index in [-0.39, 0.29) is 11.3 Å². The molecule has 0 unspecified atom stereocenters. The topological polar surface area (TPSA) is 80.7 Å². The van der Waals surface area contributed by atoms with Crippen LogP contribution in [0.4, 0.5) is 18.9 Å². The van der Waals surface area contributed by atoms with Gasteiger partial charge in [-0.1, -0.05) is 18.2 Å². The van der Waals surface area contributed by atoms with Crippen LogP contribution in [0.15, 0.2) is 91.3 Å². The fourth-order valence-corrected chi connectivity index (χ4v) is 3.53. The fraction of sp³-hybridized carbons (Fsp3) is 0.0385. The minimum Gasteiger partial charge on any atom is -0.322 e. The van der Waals surface area contributed by atoms with Crippen molar-refractivity contribution in [1.29, 1.82) is 0 Å². The standard InChI is InChI=1S/C26H16F3N5O/c27-26(28,29)17-6-5-7-18(15-17)32-25(35)16-10-11-19-22(14-16)34-24(21-9-2-4-13-31-21)23(33-19)20-8-1-3-12-30-20/h1-15H,(H,32,35). The molecule has 0 aliphatic heterocycles. The van der Waals surface area contributed by atoms with Crippen LogP contribution >= 0.6 is 0 Å². The van der Waals surface area contributed by atoms with Crippen molar-refractivity contribution in [3.63, 3.8) is 0 Å². The summed E-state index contributed by atoms with van der Waals surface area (Å²) in [4.78, 5) is 31.0. The lowest BCUT2D eigenvalue weighted by Gasteiger charge is -2.11. The van der Waals surface area contributed by atoms with Gasteiger partial charge in [0.15, 0.2) is 0 Å². The van der Waals surface area contributed by atoms with Gasteiger partial charge in [-0.25, -0.2) is 9.97 Å². The maximum atomic E-state index is 13.0. The van der Waals surface area contributed by atoms with Crippen molar-refractivity contribution in [2.24, 2.45) is 0 Å². The molecule has 6 nitrogen and oxygen atoms in total. The van der Waals surface area contributed by atoms with Crippen LogP contribution in [0.25, 0.3) is 33.8 Å². The fourth-order valence-electron chi connectivity index (χ4n) is 3.53. The Kier molecular flexibility index (Phi) is 5.66. The molecule has 9 heteroatoms. The van der Waals surface area contributed by atoms with Gasteiger partial charge in [0.05, 0.1) is 28.0 Å². The third-order valence-electron chi connectivity index (χ3n) is 5.19. The van der Waals surface area contributed by atoms with Gasteiger partial charge >= 0.3 is 6.18 Å². The number of pyridine rings is 2. The Labute approximate surface area is 197 Å². The van der Waals surface area contributed by atoms with E-state index in [4.69, 9.17) is 9.97 Å². The Morgan fingerprint density at radius 2 is 1.37 bits per heavy atom. The number of fused-ring (bicyclic) bond motifs is 1. The van der Waals surface area contributed by atoms with Crippen molar-refractivity contribution in [1.82, 2.24) is 19.9 Å². The Balaban J connectivity index is 1.54. The molecule has 3 aromatic heterocycles. The zero-order valence-corrected chi connectivity index (χ0v) is 18.0. The number of hydrogen-bond donors (Lipinski definition) is 1. The number of aromatic nitrogens is 4. The molecule has 0 atom stereocenters. The number of anilines is 1. The highest BCUT2D eigenvalue weighted by Gasteiger charge is 2.30. The van der Waals surface area contributed by atoms with Gasteiger partial charge < -0.3 is 5.32 Å². The second-order valence-corrected chi connectivity index (χ2v) is 7.59. The number of hydrogen-bond acceptors (Lipinski definition) is 5. The molecule has 5 aromatic rings. The summed E-state index contributed by atoms with van der Waals surface area (Å²) < 4.78 is 39.0. The van der Waals surface area contributed by atoms with Crippen molar-refractivity contribution in [2.45, 2.75) is 6.18 Å². The second-order valence-electron chi connectivity index (χ2n) is 7.59. The van der Waals surface area contributed by atoms with Crippen LogP contribution in [0.3, 0.4) is 0 Å². The summed E-state index contributed by atoms with van der Waals surface area (Å²) in [5, 5.41) is 2.51. The lowest BCUT2D eigenvalue weighted by molar-refractivity contribution is -0.137. The second kappa shape index (κ2) is 8.94. The highest BCUT2D eigenvalue weighted by atomic mass is 19.4. The van der Waals surface area contributed by atoms with Crippen LogP contribution in [-0.2, 0) is 6.18 Å². The summed E-state index contributed by atoms with van der Waals surface area (Å²) in [6.45, 7) is 0. The van der Waals surface area contributed by atoms with Crippen LogP contribution in [0.1, 0.15) is 15.9 Å². The first kappa shape index (κ1) is 22.1. The summed E-state index contributed by atoms with van der Waals surface area (Å²) in [6.07, 6.45) is -1.21. The molecule has 35 heavy (non-hydrogen) atoms. The van der Waals surface area contributed by atoms with E-state index in [1.807, 2.05) is 18.2 Å². The number of alkyl halides is 3. The number of rotatable bonds is 4. The van der Waals surface area contributed by atoms with E-state index in [0.717, 1.165) is 12.1 Å². The van der Waals surface area contributed by atoms with E-state index in [2.05, 4.69) is 15.3 Å². The van der Waals surface area contributed by atoms with E-state index in [9.17, 15) is 18.0 Å². The summed E-state index contributed by atoms with van der Waals surface area (Å²) in [5.41, 5.74) is 2.61. The number of nitrogens with zero attached hydrogens (tertiary/aromatic N) is 4. The molecule has 0 bridgehead atoms. The number of amides is 1. The van der Waals surface area contributed by atoms with Gasteiger partial charge in [-0.15, -0.1) is 0 Å². The molecule has 1 amide bonds. The lowest BCUT2D eigenvalue weighted by Crippen LogP contribution is -2.13. The van der Waals surface area contributed by atoms with Crippen molar-refractivity contribution in [3.8, 4) is 22.8 Å². The smallest absolute Gasteiger partial charge is 0.322 e. The normalized spacial score (nSPS) is 11.4. The molecule has 2 aromatic carbocycles. The highest BCUT2D eigenvalue weighted by Crippen LogP contribution is 2.31. The maximum absolute atomic E-state index is 13.0. The molecule has 172 valence electrons. The largest absolute Gasteiger partial charge is 0.416 e. The van der Waals surface area contributed by atoms with E-state index < -0.39 is 17.6 Å². The minimum absolute atomic E-state index is 0.0377. The summed E-state index contributed by atoms with van der Waals surface area (Å²) >= 11 is 0. The zero-order valence-electron chi connectivity index (χ0n) is 18.0. The molecule has 0 spiro atoms. The number of carbonyl (C=O) groups is 1. The van der Waals surface area contributed by atoms with Crippen LogP contribution in [-0.4, -0.2) is 25.8 Å². The van der Waals surface area contributed by atoms with Gasteiger partial charge in [0, 0.05) is 23.6 Å². The van der Waals surface area contributed by atoms with Gasteiger partial charge in [-0.3, -0.25) is 14.8 Å². The highest BCUT2D eigenvalue weighted by molar-refractivity contribution is 6.06. The molecular formula is C26H16F3N5O. The molecule has 3 heterocycles. The van der Waals surface area contributed by atoms with Gasteiger partial charge in [0.1, 0.15) is 11.4 Å². The van der Waals surface area contributed by atoms with E-state index in [1.165, 1.54) is 12.1 Å². The maximum Gasteiger partial charge on any atom is 0.416 e. The molecule has 0 radical (unpaired) electrons. The summed E-state index contributed by atoms with van der Waals surface area (Å²) in [5.74, 6) is -0.568. The Morgan fingerprint density at radius 1 is 0.714 bits per heavy atom. The Morgan fingerprint density at radius 3 is 1.97 bits per heavy atom. The number of benzene rings is 2. The van der Waals surface area contributed by atoms with Crippen LogP contribution in [0.2, 0.25) is 0 Å². The minimum atomic E-state index is -4.51. The van der Waals surface area contributed by atoms with Crippen molar-refractivity contribution in [2.75, 3.05) is 5.32 Å². The molecule has 0 aliphatic rings. The monoisotopic (exact) mass is 471 g/mol.